The summed E-state index contributed by atoms with van der Waals surface area (Å²) in [6.45, 7) is 1.73. The molecule has 14 heavy (non-hydrogen) atoms. The van der Waals surface area contributed by atoms with Crippen LogP contribution < -0.4 is 5.32 Å². The molecule has 3 nitrogen and oxygen atoms in total. The third kappa shape index (κ3) is 3.20. The summed E-state index contributed by atoms with van der Waals surface area (Å²) in [4.78, 5) is 11.2. The average Bonchev–Trinajstić information content (AvgIpc) is 2.67. The summed E-state index contributed by atoms with van der Waals surface area (Å²) >= 11 is 0. The highest BCUT2D eigenvalue weighted by atomic mass is 16.3. The SMILES string of the molecule is C#CC(C)NC(=O)/C=C/c1ccco1. The van der Waals surface area contributed by atoms with E-state index in [1.165, 1.54) is 6.08 Å². The summed E-state index contributed by atoms with van der Waals surface area (Å²) in [5, 5.41) is 2.59. The van der Waals surface area contributed by atoms with Crippen molar-refractivity contribution in [3.63, 3.8) is 0 Å². The second kappa shape index (κ2) is 4.93. The first-order chi connectivity index (χ1) is 6.72. The number of hydrogen-bond acceptors (Lipinski definition) is 2. The van der Waals surface area contributed by atoms with E-state index in [2.05, 4.69) is 11.2 Å². The smallest absolute Gasteiger partial charge is 0.245 e. The largest absolute Gasteiger partial charge is 0.465 e. The molecule has 0 bridgehead atoms. The number of hydrogen-bond donors (Lipinski definition) is 1. The highest BCUT2D eigenvalue weighted by Crippen LogP contribution is 2.01. The second-order valence-corrected chi connectivity index (χ2v) is 2.75. The predicted octanol–water partition coefficient (Wildman–Crippen LogP) is 1.43. The minimum atomic E-state index is -0.260. The number of rotatable bonds is 3. The van der Waals surface area contributed by atoms with Crippen LogP contribution in [0.1, 0.15) is 12.7 Å². The van der Waals surface area contributed by atoms with Gasteiger partial charge in [-0.05, 0) is 25.1 Å². The lowest BCUT2D eigenvalue weighted by atomic mass is 10.3. The van der Waals surface area contributed by atoms with E-state index in [0.29, 0.717) is 5.76 Å². The number of terminal acetylenes is 1. The first-order valence-corrected chi connectivity index (χ1v) is 4.20. The van der Waals surface area contributed by atoms with Crippen LogP contribution in [0.25, 0.3) is 6.08 Å². The fourth-order valence-electron chi connectivity index (χ4n) is 0.847. The predicted molar refractivity (Wildman–Crippen MR) is 54.2 cm³/mol. The van der Waals surface area contributed by atoms with E-state index in [0.717, 1.165) is 0 Å². The monoisotopic (exact) mass is 189 g/mol. The molecular weight excluding hydrogens is 178 g/mol. The first kappa shape index (κ1) is 10.1. The van der Waals surface area contributed by atoms with Gasteiger partial charge in [-0.25, -0.2) is 0 Å². The molecule has 0 saturated carbocycles. The summed E-state index contributed by atoms with van der Waals surface area (Å²) in [5.41, 5.74) is 0. The Kier molecular flexibility index (Phi) is 3.57. The Labute approximate surface area is 82.8 Å². The maximum Gasteiger partial charge on any atom is 0.245 e. The number of carbonyl (C=O) groups is 1. The Morgan fingerprint density at radius 1 is 1.79 bits per heavy atom. The van der Waals surface area contributed by atoms with Crippen LogP contribution in [0, 0.1) is 12.3 Å². The van der Waals surface area contributed by atoms with E-state index in [1.54, 1.807) is 31.4 Å². The van der Waals surface area contributed by atoms with Gasteiger partial charge in [-0.3, -0.25) is 4.79 Å². The Morgan fingerprint density at radius 2 is 2.57 bits per heavy atom. The molecule has 1 aromatic heterocycles. The highest BCUT2D eigenvalue weighted by molar-refractivity contribution is 5.91. The van der Waals surface area contributed by atoms with Gasteiger partial charge in [-0.15, -0.1) is 6.42 Å². The molecule has 1 unspecified atom stereocenters. The zero-order valence-electron chi connectivity index (χ0n) is 7.86. The van der Waals surface area contributed by atoms with Gasteiger partial charge >= 0.3 is 0 Å². The molecule has 1 N–H and O–H groups in total. The van der Waals surface area contributed by atoms with Crippen molar-refractivity contribution in [3.05, 3.63) is 30.2 Å². The van der Waals surface area contributed by atoms with E-state index < -0.39 is 0 Å². The molecule has 0 spiro atoms. The summed E-state index contributed by atoms with van der Waals surface area (Å²) < 4.78 is 5.01. The quantitative estimate of drug-likeness (QED) is 0.577. The van der Waals surface area contributed by atoms with Crippen LogP contribution in [0.15, 0.2) is 28.9 Å². The minimum Gasteiger partial charge on any atom is -0.465 e. The Bertz CT molecular complexity index is 357. The third-order valence-electron chi connectivity index (χ3n) is 1.55. The zero-order chi connectivity index (χ0) is 10.4. The molecule has 0 saturated heterocycles. The normalized spacial score (nSPS) is 12.3. The Morgan fingerprint density at radius 3 is 3.14 bits per heavy atom. The maximum absolute atomic E-state index is 11.2. The molecule has 0 aliphatic heterocycles. The van der Waals surface area contributed by atoms with Gasteiger partial charge in [0.1, 0.15) is 5.76 Å². The van der Waals surface area contributed by atoms with Gasteiger partial charge in [-0.2, -0.15) is 0 Å². The topological polar surface area (TPSA) is 42.2 Å². The summed E-state index contributed by atoms with van der Waals surface area (Å²) in [6.07, 6.45) is 9.61. The second-order valence-electron chi connectivity index (χ2n) is 2.75. The third-order valence-corrected chi connectivity index (χ3v) is 1.55. The van der Waals surface area contributed by atoms with Gasteiger partial charge in [-0.1, -0.05) is 5.92 Å². The zero-order valence-corrected chi connectivity index (χ0v) is 7.86. The number of furan rings is 1. The lowest BCUT2D eigenvalue weighted by Gasteiger charge is -2.02. The van der Waals surface area contributed by atoms with Crippen LogP contribution in [0.3, 0.4) is 0 Å². The van der Waals surface area contributed by atoms with Crippen molar-refractivity contribution in [2.45, 2.75) is 13.0 Å². The molecule has 0 aliphatic rings. The number of carbonyl (C=O) groups excluding carboxylic acids is 1. The molecule has 1 rings (SSSR count). The van der Waals surface area contributed by atoms with Crippen LogP contribution in [-0.4, -0.2) is 11.9 Å². The molecule has 0 fully saturated rings. The molecular formula is C11H11NO2. The van der Waals surface area contributed by atoms with E-state index in [9.17, 15) is 4.79 Å². The van der Waals surface area contributed by atoms with Gasteiger partial charge in [0.25, 0.3) is 0 Å². The van der Waals surface area contributed by atoms with Crippen LogP contribution in [0.5, 0.6) is 0 Å². The van der Waals surface area contributed by atoms with Crippen LogP contribution >= 0.6 is 0 Å². The molecule has 72 valence electrons. The molecule has 1 amide bonds. The molecule has 1 atom stereocenters. The summed E-state index contributed by atoms with van der Waals surface area (Å²) in [6, 6.07) is 3.25. The molecule has 0 aliphatic carbocycles. The lowest BCUT2D eigenvalue weighted by molar-refractivity contribution is -0.116. The maximum atomic E-state index is 11.2. The van der Waals surface area contributed by atoms with Crippen molar-refractivity contribution in [1.29, 1.82) is 0 Å². The van der Waals surface area contributed by atoms with Crippen molar-refractivity contribution >= 4 is 12.0 Å². The summed E-state index contributed by atoms with van der Waals surface area (Å²) in [7, 11) is 0. The van der Waals surface area contributed by atoms with E-state index in [4.69, 9.17) is 10.8 Å². The fraction of sp³-hybridized carbons (Fsp3) is 0.182. The first-order valence-electron chi connectivity index (χ1n) is 4.20. The van der Waals surface area contributed by atoms with Crippen LogP contribution in [-0.2, 0) is 4.79 Å². The van der Waals surface area contributed by atoms with E-state index >= 15 is 0 Å². The lowest BCUT2D eigenvalue weighted by Crippen LogP contribution is -2.29. The van der Waals surface area contributed by atoms with Gasteiger partial charge in [0.05, 0.1) is 12.3 Å². The van der Waals surface area contributed by atoms with E-state index in [1.807, 2.05) is 0 Å². The highest BCUT2D eigenvalue weighted by Gasteiger charge is 1.99. The Balaban J connectivity index is 2.46. The number of amides is 1. The van der Waals surface area contributed by atoms with E-state index in [-0.39, 0.29) is 11.9 Å². The van der Waals surface area contributed by atoms with Crippen molar-refractivity contribution < 1.29 is 9.21 Å². The van der Waals surface area contributed by atoms with Crippen molar-refractivity contribution in [3.8, 4) is 12.3 Å². The van der Waals surface area contributed by atoms with Crippen molar-refractivity contribution in [2.75, 3.05) is 0 Å². The van der Waals surface area contributed by atoms with Gasteiger partial charge in [0.15, 0.2) is 0 Å². The van der Waals surface area contributed by atoms with Crippen molar-refractivity contribution in [2.24, 2.45) is 0 Å². The Hall–Kier alpha value is -1.95. The van der Waals surface area contributed by atoms with Gasteiger partial charge in [0.2, 0.25) is 5.91 Å². The summed E-state index contributed by atoms with van der Waals surface area (Å²) in [5.74, 6) is 2.80. The average molecular weight is 189 g/mol. The molecule has 1 heterocycles. The van der Waals surface area contributed by atoms with Gasteiger partial charge in [0, 0.05) is 6.08 Å². The minimum absolute atomic E-state index is 0.230. The van der Waals surface area contributed by atoms with Crippen molar-refractivity contribution in [1.82, 2.24) is 5.32 Å². The van der Waals surface area contributed by atoms with Crippen LogP contribution in [0.4, 0.5) is 0 Å². The molecule has 0 radical (unpaired) electrons. The molecule has 1 aromatic rings. The number of nitrogens with one attached hydrogen (secondary N) is 1. The fourth-order valence-corrected chi connectivity index (χ4v) is 0.847. The van der Waals surface area contributed by atoms with Gasteiger partial charge < -0.3 is 9.73 Å². The standard InChI is InChI=1S/C11H11NO2/c1-3-9(2)12-11(13)7-6-10-5-4-8-14-10/h1,4-9H,2H3,(H,12,13)/b7-6+. The van der Waals surface area contributed by atoms with Crippen LogP contribution in [0.2, 0.25) is 0 Å². The molecule has 3 heteroatoms. The molecule has 0 aromatic carbocycles.